The summed E-state index contributed by atoms with van der Waals surface area (Å²) in [6.45, 7) is 0.254. The minimum Gasteiger partial charge on any atom is -0.246 e. The summed E-state index contributed by atoms with van der Waals surface area (Å²) in [5, 5.41) is 0. The van der Waals surface area contributed by atoms with Gasteiger partial charge in [0.05, 0.1) is 4.90 Å². The third-order valence-corrected chi connectivity index (χ3v) is 5.14. The monoisotopic (exact) mass is 355 g/mol. The van der Waals surface area contributed by atoms with E-state index in [1.54, 1.807) is 24.3 Å². The predicted molar refractivity (Wildman–Crippen MR) is 67.4 cm³/mol. The summed E-state index contributed by atoms with van der Waals surface area (Å²) in [5.74, 6) is 0. The van der Waals surface area contributed by atoms with Gasteiger partial charge in [-0.1, -0.05) is 0 Å². The molecule has 1 aliphatic rings. The van der Waals surface area contributed by atoms with Crippen LogP contribution in [0.2, 0.25) is 0 Å². The van der Waals surface area contributed by atoms with Gasteiger partial charge in [0, 0.05) is 16.7 Å². The van der Waals surface area contributed by atoms with Gasteiger partial charge in [-0.15, -0.1) is 0 Å². The van der Waals surface area contributed by atoms with Gasteiger partial charge in [-0.2, -0.15) is 4.31 Å². The highest BCUT2D eigenvalue weighted by atomic mass is 127. The average molecular weight is 355 g/mol. The summed E-state index contributed by atoms with van der Waals surface area (Å²) in [6.07, 6.45) is -0.734. The lowest BCUT2D eigenvalue weighted by molar-refractivity contribution is 0.343. The molecule has 0 unspecified atom stereocenters. The Labute approximate surface area is 108 Å². The molecule has 1 heterocycles. The lowest BCUT2D eigenvalue weighted by Gasteiger charge is -2.15. The van der Waals surface area contributed by atoms with Crippen LogP contribution >= 0.6 is 22.6 Å². The van der Waals surface area contributed by atoms with Crippen LogP contribution in [0.4, 0.5) is 4.39 Å². The number of sulfonamides is 1. The topological polar surface area (TPSA) is 37.4 Å². The van der Waals surface area contributed by atoms with Crippen molar-refractivity contribution >= 4 is 32.6 Å². The van der Waals surface area contributed by atoms with Crippen LogP contribution in [0.3, 0.4) is 0 Å². The highest BCUT2D eigenvalue weighted by molar-refractivity contribution is 14.1. The second-order valence-corrected chi connectivity index (χ2v) is 6.89. The molecule has 1 atom stereocenters. The molecule has 3 nitrogen and oxygen atoms in total. The molecule has 0 N–H and O–H groups in total. The molecule has 0 saturated carbocycles. The highest BCUT2D eigenvalue weighted by Crippen LogP contribution is 2.22. The largest absolute Gasteiger partial charge is 0.246 e. The van der Waals surface area contributed by atoms with Crippen molar-refractivity contribution < 1.29 is 12.8 Å². The SMILES string of the molecule is O=S(=O)(c1ccc(I)cc1)N1CC[C@H](F)C1. The normalized spacial score (nSPS) is 22.5. The average Bonchev–Trinajstić information content (AvgIpc) is 2.66. The van der Waals surface area contributed by atoms with Gasteiger partial charge < -0.3 is 0 Å². The van der Waals surface area contributed by atoms with Crippen molar-refractivity contribution in [2.45, 2.75) is 17.5 Å². The lowest BCUT2D eigenvalue weighted by atomic mass is 10.4. The highest BCUT2D eigenvalue weighted by Gasteiger charge is 2.32. The molecule has 0 aromatic heterocycles. The maximum atomic E-state index is 13.0. The number of benzene rings is 1. The number of alkyl halides is 1. The Morgan fingerprint density at radius 3 is 2.44 bits per heavy atom. The van der Waals surface area contributed by atoms with Crippen molar-refractivity contribution in [3.05, 3.63) is 27.8 Å². The Kier molecular flexibility index (Phi) is 3.50. The van der Waals surface area contributed by atoms with Gasteiger partial charge in [0.25, 0.3) is 0 Å². The molecule has 0 aliphatic carbocycles. The van der Waals surface area contributed by atoms with Crippen LogP contribution in [0.25, 0.3) is 0 Å². The lowest BCUT2D eigenvalue weighted by Crippen LogP contribution is -2.29. The molecular formula is C10H11FINO2S. The molecule has 0 spiro atoms. The first-order valence-corrected chi connectivity index (χ1v) is 7.42. The van der Waals surface area contributed by atoms with Crippen LogP contribution in [0.5, 0.6) is 0 Å². The standard InChI is InChI=1S/C10H11FINO2S/c11-8-5-6-13(7-8)16(14,15)10-3-1-9(12)2-4-10/h1-4,8H,5-7H2/t8-/m0/s1. The van der Waals surface area contributed by atoms with Crippen molar-refractivity contribution in [1.82, 2.24) is 4.31 Å². The Morgan fingerprint density at radius 1 is 1.31 bits per heavy atom. The van der Waals surface area contributed by atoms with E-state index in [4.69, 9.17) is 0 Å². The van der Waals surface area contributed by atoms with Gasteiger partial charge >= 0.3 is 0 Å². The van der Waals surface area contributed by atoms with E-state index in [2.05, 4.69) is 22.6 Å². The molecule has 1 saturated heterocycles. The molecule has 16 heavy (non-hydrogen) atoms. The summed E-state index contributed by atoms with van der Waals surface area (Å²) in [6, 6.07) is 6.58. The number of hydrogen-bond donors (Lipinski definition) is 0. The maximum Gasteiger partial charge on any atom is 0.243 e. The van der Waals surface area contributed by atoms with Gasteiger partial charge in [0.15, 0.2) is 0 Å². The third kappa shape index (κ3) is 2.38. The molecule has 1 aromatic rings. The van der Waals surface area contributed by atoms with Crippen molar-refractivity contribution in [2.24, 2.45) is 0 Å². The Balaban J connectivity index is 2.29. The fraction of sp³-hybridized carbons (Fsp3) is 0.400. The summed E-state index contributed by atoms with van der Waals surface area (Å²) < 4.78 is 39.3. The number of hydrogen-bond acceptors (Lipinski definition) is 2. The fourth-order valence-electron chi connectivity index (χ4n) is 1.66. The third-order valence-electron chi connectivity index (χ3n) is 2.54. The van der Waals surface area contributed by atoms with E-state index in [1.807, 2.05) is 0 Å². The smallest absolute Gasteiger partial charge is 0.243 e. The summed E-state index contributed by atoms with van der Waals surface area (Å²) in [7, 11) is -3.50. The predicted octanol–water partition coefficient (Wildman–Crippen LogP) is 2.02. The molecule has 0 bridgehead atoms. The second kappa shape index (κ2) is 4.58. The maximum absolute atomic E-state index is 13.0. The van der Waals surface area contributed by atoms with Gasteiger partial charge in [-0.3, -0.25) is 0 Å². The van der Waals surface area contributed by atoms with E-state index < -0.39 is 16.2 Å². The molecule has 1 aliphatic heterocycles. The van der Waals surface area contributed by atoms with Crippen LogP contribution in [-0.2, 0) is 10.0 Å². The van der Waals surface area contributed by atoms with Crippen LogP contribution < -0.4 is 0 Å². The zero-order valence-electron chi connectivity index (χ0n) is 8.44. The second-order valence-electron chi connectivity index (χ2n) is 3.70. The molecule has 2 rings (SSSR count). The molecule has 1 fully saturated rings. The van der Waals surface area contributed by atoms with Crippen LogP contribution in [-0.4, -0.2) is 32.0 Å². The van der Waals surface area contributed by atoms with E-state index in [1.165, 1.54) is 4.31 Å². The van der Waals surface area contributed by atoms with Crippen LogP contribution in [0.15, 0.2) is 29.2 Å². The summed E-state index contributed by atoms with van der Waals surface area (Å²) >= 11 is 2.11. The molecule has 1 aromatic carbocycles. The van der Waals surface area contributed by atoms with Crippen molar-refractivity contribution in [1.29, 1.82) is 0 Å². The molecule has 6 heteroatoms. The summed E-state index contributed by atoms with van der Waals surface area (Å²) in [4.78, 5) is 0.238. The minimum atomic E-state index is -3.50. The number of rotatable bonds is 2. The molecule has 0 radical (unpaired) electrons. The minimum absolute atomic E-state index is 0.0195. The van der Waals surface area contributed by atoms with E-state index >= 15 is 0 Å². The zero-order chi connectivity index (χ0) is 11.8. The first kappa shape index (κ1) is 12.3. The first-order chi connectivity index (χ1) is 7.50. The fourth-order valence-corrected chi connectivity index (χ4v) is 3.50. The first-order valence-electron chi connectivity index (χ1n) is 4.90. The Bertz CT molecular complexity index is 474. The van der Waals surface area contributed by atoms with Gasteiger partial charge in [-0.25, -0.2) is 12.8 Å². The number of halogens is 2. The Hall–Kier alpha value is -0.210. The van der Waals surface area contributed by atoms with E-state index in [0.717, 1.165) is 3.57 Å². The van der Waals surface area contributed by atoms with Gasteiger partial charge in [0.2, 0.25) is 10.0 Å². The molecular weight excluding hydrogens is 344 g/mol. The van der Waals surface area contributed by atoms with Gasteiger partial charge in [-0.05, 0) is 53.3 Å². The van der Waals surface area contributed by atoms with Crippen molar-refractivity contribution in [3.63, 3.8) is 0 Å². The molecule has 88 valence electrons. The van der Waals surface area contributed by atoms with Crippen LogP contribution in [0.1, 0.15) is 6.42 Å². The summed E-state index contributed by atoms with van der Waals surface area (Å²) in [5.41, 5.74) is 0. The van der Waals surface area contributed by atoms with Crippen molar-refractivity contribution in [2.75, 3.05) is 13.1 Å². The van der Waals surface area contributed by atoms with E-state index in [9.17, 15) is 12.8 Å². The Morgan fingerprint density at radius 2 is 1.94 bits per heavy atom. The van der Waals surface area contributed by atoms with E-state index in [0.29, 0.717) is 6.42 Å². The van der Waals surface area contributed by atoms with Crippen molar-refractivity contribution in [3.8, 4) is 0 Å². The van der Waals surface area contributed by atoms with E-state index in [-0.39, 0.29) is 18.0 Å². The number of nitrogens with zero attached hydrogens (tertiary/aromatic N) is 1. The van der Waals surface area contributed by atoms with Gasteiger partial charge in [0.1, 0.15) is 6.17 Å². The zero-order valence-corrected chi connectivity index (χ0v) is 11.4. The molecule has 0 amide bonds. The quantitative estimate of drug-likeness (QED) is 0.762. The van der Waals surface area contributed by atoms with Crippen LogP contribution in [0, 0.1) is 3.57 Å².